The van der Waals surface area contributed by atoms with Crippen LogP contribution >= 0.6 is 0 Å². The van der Waals surface area contributed by atoms with Crippen LogP contribution in [0.5, 0.6) is 0 Å². The number of carbonyl (C=O) groups is 1. The van der Waals surface area contributed by atoms with E-state index in [-0.39, 0.29) is 35.7 Å². The molecule has 0 unspecified atom stereocenters. The summed E-state index contributed by atoms with van der Waals surface area (Å²) in [5, 5.41) is 9.98. The van der Waals surface area contributed by atoms with E-state index in [1.54, 1.807) is 0 Å². The van der Waals surface area contributed by atoms with Gasteiger partial charge in [0.05, 0.1) is 0 Å². The molecule has 55 valence electrons. The van der Waals surface area contributed by atoms with Crippen molar-refractivity contribution in [2.24, 2.45) is 0 Å². The first kappa shape index (κ1) is 15.9. The van der Waals surface area contributed by atoms with Crippen LogP contribution in [-0.2, 0) is 24.3 Å². The topological polar surface area (TPSA) is 40.1 Å². The number of allylic oxidation sites excluding steroid dienone is 2. The molecule has 0 atom stereocenters. The Kier molecular flexibility index (Phi) is 13.7. The van der Waals surface area contributed by atoms with Gasteiger partial charge in [0.25, 0.3) is 0 Å². The molecule has 0 aliphatic rings. The Morgan fingerprint density at radius 1 is 1.44 bits per heavy atom. The maximum Gasteiger partial charge on any atom is 2.00 e. The molecule has 0 amide bonds. The first-order valence-corrected chi connectivity index (χ1v) is 1.99. The Labute approximate surface area is 66.1 Å². The van der Waals surface area contributed by atoms with E-state index in [1.165, 1.54) is 13.8 Å². The molecule has 0 fully saturated rings. The second kappa shape index (κ2) is 7.76. The fourth-order valence-electron chi connectivity index (χ4n) is 0.286. The van der Waals surface area contributed by atoms with E-state index in [2.05, 4.69) is 0 Å². The summed E-state index contributed by atoms with van der Waals surface area (Å²) in [5.74, 6) is -0.375. The maximum atomic E-state index is 9.98. The monoisotopic (exact) mass is 221 g/mol. The smallest absolute Gasteiger partial charge is 1.00 e. The quantitative estimate of drug-likeness (QED) is 0.266. The third kappa shape index (κ3) is 18.2. The summed E-state index contributed by atoms with van der Waals surface area (Å²) in [7, 11) is 0. The van der Waals surface area contributed by atoms with Crippen molar-refractivity contribution in [2.45, 2.75) is 13.8 Å². The minimum Gasteiger partial charge on any atom is -1.00 e. The zero-order valence-corrected chi connectivity index (χ0v) is 6.74. The van der Waals surface area contributed by atoms with Crippen molar-refractivity contribution < 1.29 is 34.1 Å². The van der Waals surface area contributed by atoms with Crippen LogP contribution in [0, 0.1) is 0 Å². The van der Waals surface area contributed by atoms with Crippen molar-refractivity contribution in [3.63, 3.8) is 0 Å². The fourth-order valence-corrected chi connectivity index (χ4v) is 0.286. The van der Waals surface area contributed by atoms with Gasteiger partial charge in [0, 0.05) is 0 Å². The van der Waals surface area contributed by atoms with Crippen LogP contribution in [-0.4, -0.2) is 5.78 Å². The number of carbonyl (C=O) groups excluding carboxylic acids is 1. The van der Waals surface area contributed by atoms with Gasteiger partial charge in [-0.2, -0.15) is 0 Å². The summed E-state index contributed by atoms with van der Waals surface area (Å²) in [6.45, 7) is 2.70. The number of halogens is 1. The van der Waals surface area contributed by atoms with Gasteiger partial charge in [-0.15, -0.1) is 5.76 Å². The summed E-state index contributed by atoms with van der Waals surface area (Å²) >= 11 is 0. The predicted molar refractivity (Wildman–Crippen MR) is 24.4 cm³/mol. The molecule has 0 saturated heterocycles. The summed E-state index contributed by atoms with van der Waals surface area (Å²) in [5.41, 5.74) is 0. The predicted octanol–water partition coefficient (Wildman–Crippen LogP) is -3.16. The van der Waals surface area contributed by atoms with Gasteiger partial charge in [-0.1, -0.05) is 6.92 Å². The molecule has 0 aliphatic heterocycles. The molecule has 0 saturated carbocycles. The van der Waals surface area contributed by atoms with Gasteiger partial charge in [-0.3, -0.25) is 4.79 Å². The van der Waals surface area contributed by atoms with Crippen LogP contribution < -0.4 is 9.81 Å². The third-order valence-corrected chi connectivity index (χ3v) is 0.407. The van der Waals surface area contributed by atoms with Crippen molar-refractivity contribution in [1.29, 1.82) is 0 Å². The molecule has 0 bridgehead atoms. The number of hydrogen-bond donors (Lipinski definition) is 0. The SMILES string of the molecule is CC(=O)/C=C(/C)[O-].[F-].[Rh+2]. The van der Waals surface area contributed by atoms with Crippen LogP contribution in [0.1, 0.15) is 13.8 Å². The second-order valence-corrected chi connectivity index (χ2v) is 1.37. The van der Waals surface area contributed by atoms with Crippen molar-refractivity contribution in [3.8, 4) is 0 Å². The number of ketones is 1. The van der Waals surface area contributed by atoms with Crippen LogP contribution in [0.4, 0.5) is 0 Å². The normalized spacial score (nSPS) is 8.89. The Bertz CT molecular complexity index is 108. The van der Waals surface area contributed by atoms with Gasteiger partial charge in [-0.25, -0.2) is 0 Å². The third-order valence-electron chi connectivity index (χ3n) is 0.407. The van der Waals surface area contributed by atoms with Crippen molar-refractivity contribution in [3.05, 3.63) is 11.8 Å². The summed E-state index contributed by atoms with van der Waals surface area (Å²) in [6.07, 6.45) is 1.06. The average Bonchev–Trinajstić information content (AvgIpc) is 1.27. The molecular formula is C5H7FO2Rh. The van der Waals surface area contributed by atoms with Gasteiger partial charge in [0.1, 0.15) is 0 Å². The Morgan fingerprint density at radius 3 is 1.78 bits per heavy atom. The van der Waals surface area contributed by atoms with Gasteiger partial charge < -0.3 is 9.81 Å². The standard InChI is InChI=1S/C5H8O2.FH.Rh/c1-4(6)3-5(2)7;;/h3,6H,1-2H3;1H;/q;;+2/p-2/b4-3-;;. The van der Waals surface area contributed by atoms with Gasteiger partial charge in [-0.05, 0) is 13.0 Å². The Morgan fingerprint density at radius 2 is 1.78 bits per heavy atom. The zero-order valence-electron chi connectivity index (χ0n) is 5.11. The molecule has 0 aliphatic carbocycles. The van der Waals surface area contributed by atoms with Crippen molar-refractivity contribution >= 4 is 5.78 Å². The van der Waals surface area contributed by atoms with E-state index >= 15 is 0 Å². The van der Waals surface area contributed by atoms with E-state index in [0.29, 0.717) is 0 Å². The molecule has 1 radical (unpaired) electrons. The molecule has 0 aromatic rings. The molecular weight excluding hydrogens is 214 g/mol. The van der Waals surface area contributed by atoms with Crippen LogP contribution in [0.3, 0.4) is 0 Å². The van der Waals surface area contributed by atoms with E-state index in [9.17, 15) is 9.90 Å². The first-order chi connectivity index (χ1) is 3.13. The minimum absolute atomic E-state index is 0. The molecule has 0 aromatic heterocycles. The van der Waals surface area contributed by atoms with E-state index in [4.69, 9.17) is 0 Å². The van der Waals surface area contributed by atoms with Crippen molar-refractivity contribution in [1.82, 2.24) is 0 Å². The summed E-state index contributed by atoms with van der Waals surface area (Å²) in [4.78, 5) is 9.98. The molecule has 0 N–H and O–H groups in total. The molecule has 0 spiro atoms. The van der Waals surface area contributed by atoms with Crippen molar-refractivity contribution in [2.75, 3.05) is 0 Å². The maximum absolute atomic E-state index is 9.98. The minimum atomic E-state index is -0.187. The van der Waals surface area contributed by atoms with E-state index in [1.807, 2.05) is 0 Å². The van der Waals surface area contributed by atoms with Gasteiger partial charge >= 0.3 is 19.5 Å². The molecule has 0 heterocycles. The first-order valence-electron chi connectivity index (χ1n) is 1.99. The molecule has 0 rings (SSSR count). The average molecular weight is 221 g/mol. The largest absolute Gasteiger partial charge is 2.00 e. The van der Waals surface area contributed by atoms with Gasteiger partial charge in [0.2, 0.25) is 0 Å². The van der Waals surface area contributed by atoms with Crippen LogP contribution in [0.2, 0.25) is 0 Å². The number of rotatable bonds is 1. The molecule has 4 heteroatoms. The second-order valence-electron chi connectivity index (χ2n) is 1.37. The zero-order chi connectivity index (χ0) is 5.86. The van der Waals surface area contributed by atoms with Gasteiger partial charge in [0.15, 0.2) is 5.78 Å². The van der Waals surface area contributed by atoms with Crippen LogP contribution in [0.25, 0.3) is 0 Å². The molecule has 0 aromatic carbocycles. The van der Waals surface area contributed by atoms with E-state index < -0.39 is 0 Å². The number of hydrogen-bond acceptors (Lipinski definition) is 2. The molecule has 9 heavy (non-hydrogen) atoms. The van der Waals surface area contributed by atoms with Crippen LogP contribution in [0.15, 0.2) is 11.8 Å². The Hall–Kier alpha value is -0.237. The summed E-state index contributed by atoms with van der Waals surface area (Å²) < 4.78 is 0. The Balaban J connectivity index is -0.000000180. The van der Waals surface area contributed by atoms with E-state index in [0.717, 1.165) is 6.08 Å². The summed E-state index contributed by atoms with van der Waals surface area (Å²) in [6, 6.07) is 0. The molecule has 2 nitrogen and oxygen atoms in total. The fraction of sp³-hybridized carbons (Fsp3) is 0.400.